The average molecular weight is 162 g/mol. The number of nitrogens with one attached hydrogen (secondary N) is 2. The molecular weight excluding hydrogens is 156 g/mol. The van der Waals surface area contributed by atoms with Crippen molar-refractivity contribution in [1.82, 2.24) is 10.2 Å². The molecule has 0 aliphatic carbocycles. The fraction of sp³-hybridized carbons (Fsp3) is 0. The van der Waals surface area contributed by atoms with E-state index in [0.717, 1.165) is 0 Å². The van der Waals surface area contributed by atoms with Crippen LogP contribution >= 0.6 is 0 Å². The molecule has 1 aromatic heterocycles. The van der Waals surface area contributed by atoms with Gasteiger partial charge in [0, 0.05) is 5.56 Å². The van der Waals surface area contributed by atoms with Gasteiger partial charge >= 0.3 is 0 Å². The van der Waals surface area contributed by atoms with Crippen molar-refractivity contribution in [2.45, 2.75) is 0 Å². The van der Waals surface area contributed by atoms with Crippen LogP contribution in [0.5, 0.6) is 0 Å². The zero-order valence-electron chi connectivity index (χ0n) is 6.13. The zero-order chi connectivity index (χ0) is 8.55. The van der Waals surface area contributed by atoms with Gasteiger partial charge in [-0.05, 0) is 18.2 Å². The number of aromatic amines is 2. The quantitative estimate of drug-likeness (QED) is 0.605. The topological polar surface area (TPSA) is 65.7 Å². The van der Waals surface area contributed by atoms with Crippen molar-refractivity contribution in [3.8, 4) is 0 Å². The largest absolute Gasteiger partial charge is 0.298 e. The van der Waals surface area contributed by atoms with E-state index >= 15 is 0 Å². The molecular formula is C8H6N2O2. The fourth-order valence-corrected chi connectivity index (χ4v) is 1.12. The molecule has 1 aromatic carbocycles. The summed E-state index contributed by atoms with van der Waals surface area (Å²) < 4.78 is 0. The molecule has 0 radical (unpaired) electrons. The van der Waals surface area contributed by atoms with Crippen molar-refractivity contribution in [3.63, 3.8) is 0 Å². The second-order valence-corrected chi connectivity index (χ2v) is 2.50. The van der Waals surface area contributed by atoms with Crippen LogP contribution in [0.15, 0.2) is 23.0 Å². The highest BCUT2D eigenvalue weighted by atomic mass is 16.1. The number of aromatic nitrogens is 2. The molecule has 1 heterocycles. The lowest BCUT2D eigenvalue weighted by molar-refractivity contribution is 0.112. The van der Waals surface area contributed by atoms with Crippen molar-refractivity contribution < 1.29 is 4.79 Å². The Morgan fingerprint density at radius 1 is 1.25 bits per heavy atom. The number of carbonyl (C=O) groups is 1. The Bertz CT molecular complexity index is 481. The fourth-order valence-electron chi connectivity index (χ4n) is 1.12. The maximum atomic E-state index is 11.0. The van der Waals surface area contributed by atoms with Crippen LogP contribution in [-0.2, 0) is 0 Å². The summed E-state index contributed by atoms with van der Waals surface area (Å²) in [6, 6.07) is 4.90. The van der Waals surface area contributed by atoms with Crippen LogP contribution in [0.4, 0.5) is 0 Å². The predicted octanol–water partition coefficient (Wildman–Crippen LogP) is 0.669. The van der Waals surface area contributed by atoms with Crippen LogP contribution in [0.25, 0.3) is 10.9 Å². The monoisotopic (exact) mass is 162 g/mol. The first-order valence-electron chi connectivity index (χ1n) is 3.47. The van der Waals surface area contributed by atoms with Gasteiger partial charge < -0.3 is 0 Å². The van der Waals surface area contributed by atoms with Gasteiger partial charge in [-0.1, -0.05) is 0 Å². The van der Waals surface area contributed by atoms with E-state index in [2.05, 4.69) is 10.2 Å². The number of carbonyl (C=O) groups excluding carboxylic acids is 1. The third-order valence-corrected chi connectivity index (χ3v) is 1.74. The average Bonchev–Trinajstić information content (AvgIpc) is 2.47. The molecule has 4 heteroatoms. The first kappa shape index (κ1) is 6.84. The summed E-state index contributed by atoms with van der Waals surface area (Å²) in [4.78, 5) is 21.4. The van der Waals surface area contributed by atoms with E-state index in [1.54, 1.807) is 18.2 Å². The Morgan fingerprint density at radius 2 is 2.08 bits per heavy atom. The highest BCUT2D eigenvalue weighted by molar-refractivity contribution is 5.86. The van der Waals surface area contributed by atoms with E-state index in [1.807, 2.05) is 0 Å². The Hall–Kier alpha value is -1.84. The van der Waals surface area contributed by atoms with Crippen LogP contribution in [0.2, 0.25) is 0 Å². The predicted molar refractivity (Wildman–Crippen MR) is 44.3 cm³/mol. The standard InChI is InChI=1S/C8H6N2O2/c11-4-5-1-2-7-6(3-5)8(12)10-9-7/h1-4H,(H2,9,10,12). The number of benzene rings is 1. The minimum absolute atomic E-state index is 0.200. The van der Waals surface area contributed by atoms with Crippen molar-refractivity contribution in [2.75, 3.05) is 0 Å². The lowest BCUT2D eigenvalue weighted by Crippen LogP contribution is -1.97. The summed E-state index contributed by atoms with van der Waals surface area (Å²) in [5.74, 6) is 0. The maximum Gasteiger partial charge on any atom is 0.271 e. The lowest BCUT2D eigenvalue weighted by Gasteiger charge is -1.88. The Labute approximate surface area is 67.2 Å². The highest BCUT2D eigenvalue weighted by Crippen LogP contribution is 2.07. The van der Waals surface area contributed by atoms with Crippen molar-refractivity contribution in [3.05, 3.63) is 34.1 Å². The van der Waals surface area contributed by atoms with Gasteiger partial charge in [0.2, 0.25) is 0 Å². The molecule has 0 aliphatic heterocycles. The molecule has 0 saturated heterocycles. The van der Waals surface area contributed by atoms with E-state index in [4.69, 9.17) is 0 Å². The zero-order valence-corrected chi connectivity index (χ0v) is 6.13. The van der Waals surface area contributed by atoms with Crippen molar-refractivity contribution >= 4 is 17.2 Å². The number of fused-ring (bicyclic) bond motifs is 1. The van der Waals surface area contributed by atoms with Gasteiger partial charge in [-0.2, -0.15) is 0 Å². The SMILES string of the molecule is O=Cc1ccc2[nH][nH]c(=O)c2c1. The molecule has 60 valence electrons. The van der Waals surface area contributed by atoms with E-state index in [0.29, 0.717) is 22.8 Å². The Balaban J connectivity index is 2.88. The lowest BCUT2D eigenvalue weighted by atomic mass is 10.2. The van der Waals surface area contributed by atoms with Crippen molar-refractivity contribution in [2.24, 2.45) is 0 Å². The molecule has 4 nitrogen and oxygen atoms in total. The highest BCUT2D eigenvalue weighted by Gasteiger charge is 2.00. The van der Waals surface area contributed by atoms with Crippen LogP contribution in [0.3, 0.4) is 0 Å². The van der Waals surface area contributed by atoms with Gasteiger partial charge in [0.1, 0.15) is 6.29 Å². The molecule has 0 spiro atoms. The van der Waals surface area contributed by atoms with Gasteiger partial charge in [0.25, 0.3) is 5.56 Å². The van der Waals surface area contributed by atoms with Gasteiger partial charge in [-0.25, -0.2) is 0 Å². The summed E-state index contributed by atoms with van der Waals surface area (Å²) in [5, 5.41) is 5.63. The Morgan fingerprint density at radius 3 is 2.83 bits per heavy atom. The Kier molecular flexibility index (Phi) is 1.33. The van der Waals surface area contributed by atoms with Crippen molar-refractivity contribution in [1.29, 1.82) is 0 Å². The summed E-state index contributed by atoms with van der Waals surface area (Å²) in [6.07, 6.45) is 0.714. The van der Waals surface area contributed by atoms with Gasteiger partial charge in [-0.3, -0.25) is 19.8 Å². The van der Waals surface area contributed by atoms with E-state index in [-0.39, 0.29) is 5.56 Å². The molecule has 0 atom stereocenters. The second kappa shape index (κ2) is 2.34. The molecule has 0 aliphatic rings. The van der Waals surface area contributed by atoms with Gasteiger partial charge in [0.05, 0.1) is 10.9 Å². The smallest absolute Gasteiger partial charge is 0.271 e. The minimum atomic E-state index is -0.200. The molecule has 2 N–H and O–H groups in total. The van der Waals surface area contributed by atoms with Crippen LogP contribution in [-0.4, -0.2) is 16.5 Å². The van der Waals surface area contributed by atoms with E-state index in [1.165, 1.54) is 0 Å². The normalized spacial score (nSPS) is 10.3. The summed E-state index contributed by atoms with van der Waals surface area (Å²) in [5.41, 5.74) is 1.02. The summed E-state index contributed by atoms with van der Waals surface area (Å²) in [7, 11) is 0. The van der Waals surface area contributed by atoms with Crippen LogP contribution < -0.4 is 5.56 Å². The first-order valence-corrected chi connectivity index (χ1v) is 3.47. The summed E-state index contributed by atoms with van der Waals surface area (Å²) >= 11 is 0. The molecule has 0 unspecified atom stereocenters. The van der Waals surface area contributed by atoms with Crippen LogP contribution in [0.1, 0.15) is 10.4 Å². The number of hydrogen-bond acceptors (Lipinski definition) is 2. The number of rotatable bonds is 1. The number of H-pyrrole nitrogens is 2. The molecule has 12 heavy (non-hydrogen) atoms. The number of aldehydes is 1. The first-order chi connectivity index (χ1) is 5.81. The molecule has 0 fully saturated rings. The van der Waals surface area contributed by atoms with Gasteiger partial charge in [-0.15, -0.1) is 0 Å². The maximum absolute atomic E-state index is 11.0. The third kappa shape index (κ3) is 0.852. The van der Waals surface area contributed by atoms with E-state index in [9.17, 15) is 9.59 Å². The third-order valence-electron chi connectivity index (χ3n) is 1.74. The second-order valence-electron chi connectivity index (χ2n) is 2.50. The molecule has 0 amide bonds. The summed E-state index contributed by atoms with van der Waals surface area (Å²) in [6.45, 7) is 0. The minimum Gasteiger partial charge on any atom is -0.298 e. The van der Waals surface area contributed by atoms with Crippen LogP contribution in [0, 0.1) is 0 Å². The number of hydrogen-bond donors (Lipinski definition) is 2. The van der Waals surface area contributed by atoms with E-state index < -0.39 is 0 Å². The molecule has 2 aromatic rings. The molecule has 2 rings (SSSR count). The molecule has 0 bridgehead atoms. The molecule has 0 saturated carbocycles. The van der Waals surface area contributed by atoms with Gasteiger partial charge in [0.15, 0.2) is 0 Å².